The number of aromatic nitrogens is 5. The van der Waals surface area contributed by atoms with E-state index < -0.39 is 0 Å². The molecule has 1 atom stereocenters. The van der Waals surface area contributed by atoms with E-state index in [-0.39, 0.29) is 17.9 Å². The van der Waals surface area contributed by atoms with Crippen LogP contribution in [0.4, 0.5) is 0 Å². The predicted octanol–water partition coefficient (Wildman–Crippen LogP) is 0.965. The van der Waals surface area contributed by atoms with Crippen molar-refractivity contribution < 1.29 is 4.79 Å². The van der Waals surface area contributed by atoms with Gasteiger partial charge in [-0.15, -0.1) is 15.3 Å². The molecule has 0 radical (unpaired) electrons. The van der Waals surface area contributed by atoms with Gasteiger partial charge >= 0.3 is 0 Å². The van der Waals surface area contributed by atoms with Crippen LogP contribution in [0.15, 0.2) is 0 Å². The van der Waals surface area contributed by atoms with Gasteiger partial charge in [-0.2, -0.15) is 0 Å². The maximum absolute atomic E-state index is 12.7. The van der Waals surface area contributed by atoms with Crippen molar-refractivity contribution in [1.29, 1.82) is 0 Å². The van der Waals surface area contributed by atoms with Crippen LogP contribution in [0.2, 0.25) is 0 Å². The molecule has 0 spiro atoms. The van der Waals surface area contributed by atoms with Gasteiger partial charge in [-0.1, -0.05) is 25.3 Å². The number of carbonyl (C=O) groups is 1. The highest BCUT2D eigenvalue weighted by atomic mass is 32.1. The van der Waals surface area contributed by atoms with Crippen molar-refractivity contribution in [3.8, 4) is 0 Å². The maximum atomic E-state index is 12.7. The van der Waals surface area contributed by atoms with Gasteiger partial charge in [0, 0.05) is 26.1 Å². The van der Waals surface area contributed by atoms with Crippen molar-refractivity contribution in [3.05, 3.63) is 22.2 Å². The van der Waals surface area contributed by atoms with E-state index in [1.54, 1.807) is 0 Å². The lowest BCUT2D eigenvalue weighted by Crippen LogP contribution is -2.34. The Morgan fingerprint density at radius 1 is 1.33 bits per heavy atom. The van der Waals surface area contributed by atoms with Crippen molar-refractivity contribution in [2.75, 3.05) is 13.1 Å². The Labute approximate surface area is 145 Å². The summed E-state index contributed by atoms with van der Waals surface area (Å²) in [5.74, 6) is 1.87. The number of carbonyl (C=O) groups excluding carboxylic acids is 1. The van der Waals surface area contributed by atoms with Gasteiger partial charge in [-0.3, -0.25) is 4.79 Å². The average molecular weight is 349 g/mol. The predicted molar refractivity (Wildman–Crippen MR) is 90.9 cm³/mol. The Hall–Kier alpha value is -1.87. The lowest BCUT2D eigenvalue weighted by atomic mass is 10.0. The molecule has 130 valence electrons. The summed E-state index contributed by atoms with van der Waals surface area (Å²) in [5, 5.41) is 19.2. The van der Waals surface area contributed by atoms with Crippen LogP contribution in [-0.2, 0) is 19.4 Å². The molecular weight excluding hydrogens is 326 g/mol. The minimum Gasteiger partial charge on any atom is -0.341 e. The highest BCUT2D eigenvalue weighted by molar-refractivity contribution is 7.08. The molecule has 1 unspecified atom stereocenters. The summed E-state index contributed by atoms with van der Waals surface area (Å²) in [6, 6.07) is -0.191. The van der Waals surface area contributed by atoms with Crippen LogP contribution >= 0.6 is 11.5 Å². The molecule has 8 nitrogen and oxygen atoms in total. The number of rotatable bonds is 5. The molecule has 0 aromatic carbocycles. The Bertz CT molecular complexity index is 708. The van der Waals surface area contributed by atoms with Crippen LogP contribution in [0.1, 0.15) is 53.8 Å². The standard InChI is InChI=1S/C15H23N7OS/c1-4-10-13(24-21-18-10)15(23)17-12(9(2)3)14-20-19-11-5-6-16-7-8-22(11)14/h9,12,16H,4-8H2,1-3H3,(H,17,23). The molecule has 0 bridgehead atoms. The third kappa shape index (κ3) is 3.32. The van der Waals surface area contributed by atoms with E-state index >= 15 is 0 Å². The zero-order chi connectivity index (χ0) is 17.1. The van der Waals surface area contributed by atoms with Crippen LogP contribution in [0, 0.1) is 5.92 Å². The van der Waals surface area contributed by atoms with E-state index in [0.717, 1.165) is 54.9 Å². The summed E-state index contributed by atoms with van der Waals surface area (Å²) < 4.78 is 6.04. The van der Waals surface area contributed by atoms with Crippen LogP contribution in [0.5, 0.6) is 0 Å². The maximum Gasteiger partial charge on any atom is 0.265 e. The molecule has 0 fully saturated rings. The molecule has 0 aliphatic carbocycles. The van der Waals surface area contributed by atoms with Crippen molar-refractivity contribution in [2.24, 2.45) is 5.92 Å². The molecule has 1 amide bonds. The summed E-state index contributed by atoms with van der Waals surface area (Å²) in [7, 11) is 0. The summed E-state index contributed by atoms with van der Waals surface area (Å²) in [5.41, 5.74) is 0.740. The second kappa shape index (κ2) is 7.35. The topological polar surface area (TPSA) is 97.6 Å². The average Bonchev–Trinajstić information content (AvgIpc) is 3.13. The molecular formula is C15H23N7OS. The molecule has 2 aromatic rings. The fraction of sp³-hybridized carbons (Fsp3) is 0.667. The molecule has 0 saturated carbocycles. The molecule has 3 rings (SSSR count). The Morgan fingerprint density at radius 2 is 2.17 bits per heavy atom. The fourth-order valence-corrected chi connectivity index (χ4v) is 3.53. The Morgan fingerprint density at radius 3 is 2.92 bits per heavy atom. The molecule has 3 heterocycles. The molecule has 2 N–H and O–H groups in total. The summed E-state index contributed by atoms with van der Waals surface area (Å²) in [6.07, 6.45) is 1.54. The molecule has 1 aliphatic rings. The zero-order valence-electron chi connectivity index (χ0n) is 14.2. The van der Waals surface area contributed by atoms with Gasteiger partial charge in [0.1, 0.15) is 10.7 Å². The van der Waals surface area contributed by atoms with Gasteiger partial charge in [0.2, 0.25) is 0 Å². The number of nitrogens with zero attached hydrogens (tertiary/aromatic N) is 5. The number of amides is 1. The van der Waals surface area contributed by atoms with Gasteiger partial charge in [0.15, 0.2) is 5.82 Å². The first kappa shape index (κ1) is 17.0. The van der Waals surface area contributed by atoms with Gasteiger partial charge in [-0.05, 0) is 23.9 Å². The fourth-order valence-electron chi connectivity index (χ4n) is 2.87. The summed E-state index contributed by atoms with van der Waals surface area (Å²) in [4.78, 5) is 13.3. The van der Waals surface area contributed by atoms with Crippen molar-refractivity contribution in [2.45, 2.75) is 46.2 Å². The van der Waals surface area contributed by atoms with E-state index in [1.165, 1.54) is 0 Å². The lowest BCUT2D eigenvalue weighted by Gasteiger charge is -2.22. The molecule has 1 aliphatic heterocycles. The number of aryl methyl sites for hydroxylation is 1. The smallest absolute Gasteiger partial charge is 0.265 e. The van der Waals surface area contributed by atoms with Crippen LogP contribution in [0.3, 0.4) is 0 Å². The number of hydrogen-bond donors (Lipinski definition) is 2. The van der Waals surface area contributed by atoms with Gasteiger partial charge in [-0.25, -0.2) is 0 Å². The van der Waals surface area contributed by atoms with E-state index in [2.05, 4.69) is 48.8 Å². The summed E-state index contributed by atoms with van der Waals surface area (Å²) >= 11 is 1.14. The Kier molecular flexibility index (Phi) is 5.20. The first-order valence-electron chi connectivity index (χ1n) is 8.36. The van der Waals surface area contributed by atoms with Crippen molar-refractivity contribution >= 4 is 17.4 Å². The highest BCUT2D eigenvalue weighted by Gasteiger charge is 2.28. The van der Waals surface area contributed by atoms with E-state index in [1.807, 2.05) is 6.92 Å². The number of fused-ring (bicyclic) bond motifs is 1. The van der Waals surface area contributed by atoms with Crippen LogP contribution < -0.4 is 10.6 Å². The molecule has 9 heteroatoms. The minimum absolute atomic E-state index is 0.135. The second-order valence-corrected chi connectivity index (χ2v) is 6.98. The third-order valence-electron chi connectivity index (χ3n) is 4.22. The number of nitrogens with one attached hydrogen (secondary N) is 2. The van der Waals surface area contributed by atoms with E-state index in [9.17, 15) is 4.79 Å². The zero-order valence-corrected chi connectivity index (χ0v) is 15.1. The quantitative estimate of drug-likeness (QED) is 0.835. The molecule has 0 saturated heterocycles. The second-order valence-electron chi connectivity index (χ2n) is 6.22. The summed E-state index contributed by atoms with van der Waals surface area (Å²) in [6.45, 7) is 8.73. The SMILES string of the molecule is CCc1nnsc1C(=O)NC(c1nnc2n1CCNCC2)C(C)C. The first-order valence-corrected chi connectivity index (χ1v) is 9.14. The van der Waals surface area contributed by atoms with Gasteiger partial charge < -0.3 is 15.2 Å². The van der Waals surface area contributed by atoms with Crippen LogP contribution in [-0.4, -0.2) is 43.3 Å². The van der Waals surface area contributed by atoms with Crippen LogP contribution in [0.25, 0.3) is 0 Å². The molecule has 2 aromatic heterocycles. The van der Waals surface area contributed by atoms with E-state index in [4.69, 9.17) is 0 Å². The molecule has 24 heavy (non-hydrogen) atoms. The van der Waals surface area contributed by atoms with Gasteiger partial charge in [0.05, 0.1) is 11.7 Å². The highest BCUT2D eigenvalue weighted by Crippen LogP contribution is 2.23. The Balaban J connectivity index is 1.86. The normalized spacial score (nSPS) is 15.8. The monoisotopic (exact) mass is 349 g/mol. The van der Waals surface area contributed by atoms with Crippen molar-refractivity contribution in [3.63, 3.8) is 0 Å². The van der Waals surface area contributed by atoms with E-state index in [0.29, 0.717) is 11.3 Å². The lowest BCUT2D eigenvalue weighted by molar-refractivity contribution is 0.0925. The van der Waals surface area contributed by atoms with Gasteiger partial charge in [0.25, 0.3) is 5.91 Å². The third-order valence-corrected chi connectivity index (χ3v) is 4.99. The largest absolute Gasteiger partial charge is 0.341 e. The number of hydrogen-bond acceptors (Lipinski definition) is 7. The first-order chi connectivity index (χ1) is 11.6. The minimum atomic E-state index is -0.191. The van der Waals surface area contributed by atoms with Crippen molar-refractivity contribution in [1.82, 2.24) is 35.0 Å².